The summed E-state index contributed by atoms with van der Waals surface area (Å²) in [5.41, 5.74) is 12.1. The first kappa shape index (κ1) is 13.4. The summed E-state index contributed by atoms with van der Waals surface area (Å²) >= 11 is 0. The van der Waals surface area contributed by atoms with Crippen LogP contribution < -0.4 is 11.5 Å². The van der Waals surface area contributed by atoms with Gasteiger partial charge in [0.25, 0.3) is 0 Å². The van der Waals surface area contributed by atoms with Gasteiger partial charge in [-0.3, -0.25) is 0 Å². The van der Waals surface area contributed by atoms with Crippen molar-refractivity contribution in [3.05, 3.63) is 59.7 Å². The molecule has 2 aromatic rings. The fourth-order valence-corrected chi connectivity index (χ4v) is 1.69. The van der Waals surface area contributed by atoms with E-state index in [1.54, 1.807) is 6.07 Å². The Morgan fingerprint density at radius 2 is 1.60 bits per heavy atom. The summed E-state index contributed by atoms with van der Waals surface area (Å²) < 4.78 is 0. The molecule has 2 aromatic carbocycles. The predicted octanol–water partition coefficient (Wildman–Crippen LogP) is 1.12. The molecular weight excluding hydrogens is 256 g/mol. The van der Waals surface area contributed by atoms with E-state index in [0.29, 0.717) is 11.3 Å². The predicted molar refractivity (Wildman–Crippen MR) is 77.7 cm³/mol. The normalized spacial score (nSPS) is 11.1. The molecule has 0 saturated carbocycles. The zero-order valence-electron chi connectivity index (χ0n) is 10.6. The molecule has 102 valence electrons. The van der Waals surface area contributed by atoms with E-state index in [1.165, 1.54) is 12.1 Å². The molecule has 0 aromatic heterocycles. The van der Waals surface area contributed by atoms with Crippen molar-refractivity contribution in [3.8, 4) is 11.5 Å². The lowest BCUT2D eigenvalue weighted by Gasteiger charge is -2.08. The maximum Gasteiger partial charge on any atom is 0.211 e. The van der Waals surface area contributed by atoms with Gasteiger partial charge in [-0.2, -0.15) is 0 Å². The monoisotopic (exact) mass is 270 g/mol. The number of phenols is 2. The third-order valence-electron chi connectivity index (χ3n) is 2.55. The Hall–Kier alpha value is -3.02. The van der Waals surface area contributed by atoms with Gasteiger partial charge in [-0.05, 0) is 12.1 Å². The van der Waals surface area contributed by atoms with Gasteiger partial charge in [0.2, 0.25) is 5.96 Å². The molecule has 0 aliphatic carbocycles. The lowest BCUT2D eigenvalue weighted by atomic mass is 10.0. The number of hydrogen-bond acceptors (Lipinski definition) is 4. The van der Waals surface area contributed by atoms with Crippen LogP contribution in [-0.4, -0.2) is 21.9 Å². The fraction of sp³-hybridized carbons (Fsp3) is 0. The van der Waals surface area contributed by atoms with Crippen molar-refractivity contribution < 1.29 is 10.2 Å². The highest BCUT2D eigenvalue weighted by atomic mass is 16.3. The van der Waals surface area contributed by atoms with Gasteiger partial charge < -0.3 is 21.7 Å². The third kappa shape index (κ3) is 3.05. The van der Waals surface area contributed by atoms with Crippen molar-refractivity contribution in [3.63, 3.8) is 0 Å². The van der Waals surface area contributed by atoms with Crippen LogP contribution in [0.15, 0.2) is 58.7 Å². The summed E-state index contributed by atoms with van der Waals surface area (Å²) in [5.74, 6) is -0.337. The van der Waals surface area contributed by atoms with Gasteiger partial charge in [0.15, 0.2) is 0 Å². The maximum absolute atomic E-state index is 9.94. The van der Waals surface area contributed by atoms with Crippen LogP contribution in [0.1, 0.15) is 11.1 Å². The van der Waals surface area contributed by atoms with Crippen LogP contribution in [0.4, 0.5) is 0 Å². The van der Waals surface area contributed by atoms with Gasteiger partial charge in [0.05, 0.1) is 0 Å². The van der Waals surface area contributed by atoms with E-state index in [1.807, 2.05) is 30.3 Å². The average Bonchev–Trinajstić information content (AvgIpc) is 2.42. The van der Waals surface area contributed by atoms with Crippen LogP contribution in [0.3, 0.4) is 0 Å². The lowest BCUT2D eigenvalue weighted by Crippen LogP contribution is -2.22. The summed E-state index contributed by atoms with van der Waals surface area (Å²) in [6.45, 7) is 0. The topological polar surface area (TPSA) is 117 Å². The lowest BCUT2D eigenvalue weighted by molar-refractivity contribution is 0.450. The van der Waals surface area contributed by atoms with E-state index >= 15 is 0 Å². The summed E-state index contributed by atoms with van der Waals surface area (Å²) in [6, 6.07) is 13.4. The number of nitrogens with two attached hydrogens (primary N) is 2. The molecule has 2 rings (SSSR count). The summed E-state index contributed by atoms with van der Waals surface area (Å²) in [6.07, 6.45) is 0. The molecule has 6 nitrogen and oxygen atoms in total. The Morgan fingerprint density at radius 1 is 0.900 bits per heavy atom. The van der Waals surface area contributed by atoms with Crippen molar-refractivity contribution in [2.45, 2.75) is 0 Å². The van der Waals surface area contributed by atoms with Gasteiger partial charge in [-0.1, -0.05) is 30.3 Å². The van der Waals surface area contributed by atoms with Crippen molar-refractivity contribution in [2.75, 3.05) is 0 Å². The average molecular weight is 270 g/mol. The number of hydrogen-bond donors (Lipinski definition) is 4. The van der Waals surface area contributed by atoms with Gasteiger partial charge in [-0.25, -0.2) is 0 Å². The standard InChI is InChI=1S/C14H14N4O2/c15-14(16)18-17-13(9-4-2-1-3-5-9)11-7-6-10(19)8-12(11)20/h1-8,19-20H,(H4,15,16,18)/b17-13+. The van der Waals surface area contributed by atoms with E-state index in [9.17, 15) is 10.2 Å². The second-order valence-corrected chi connectivity index (χ2v) is 4.04. The largest absolute Gasteiger partial charge is 0.508 e. The van der Waals surface area contributed by atoms with Gasteiger partial charge in [-0.15, -0.1) is 10.2 Å². The van der Waals surface area contributed by atoms with Crippen molar-refractivity contribution in [1.82, 2.24) is 0 Å². The molecule has 0 bridgehead atoms. The molecule has 0 radical (unpaired) electrons. The molecule has 20 heavy (non-hydrogen) atoms. The Labute approximate surface area is 115 Å². The van der Waals surface area contributed by atoms with Crippen LogP contribution in [0.2, 0.25) is 0 Å². The SMILES string of the molecule is NC(N)=N/N=C(\c1ccccc1)c1ccc(O)cc1O. The van der Waals surface area contributed by atoms with Crippen molar-refractivity contribution in [2.24, 2.45) is 21.7 Å². The van der Waals surface area contributed by atoms with E-state index in [4.69, 9.17) is 11.5 Å². The molecule has 6 N–H and O–H groups in total. The number of rotatable bonds is 3. The number of nitrogens with zero attached hydrogens (tertiary/aromatic N) is 2. The maximum atomic E-state index is 9.94. The zero-order valence-corrected chi connectivity index (χ0v) is 10.6. The molecular formula is C14H14N4O2. The minimum Gasteiger partial charge on any atom is -0.508 e. The Bertz CT molecular complexity index is 662. The van der Waals surface area contributed by atoms with E-state index in [-0.39, 0.29) is 17.5 Å². The molecule has 0 amide bonds. The highest BCUT2D eigenvalue weighted by molar-refractivity contribution is 6.14. The van der Waals surface area contributed by atoms with Crippen LogP contribution >= 0.6 is 0 Å². The van der Waals surface area contributed by atoms with Crippen LogP contribution in [-0.2, 0) is 0 Å². The summed E-state index contributed by atoms with van der Waals surface area (Å²) in [5, 5.41) is 26.9. The van der Waals surface area contributed by atoms with Gasteiger partial charge >= 0.3 is 0 Å². The number of guanidine groups is 1. The summed E-state index contributed by atoms with van der Waals surface area (Å²) in [7, 11) is 0. The number of aromatic hydroxyl groups is 2. The molecule has 0 aliphatic rings. The Kier molecular flexibility index (Phi) is 3.85. The molecule has 0 fully saturated rings. The number of benzene rings is 2. The van der Waals surface area contributed by atoms with Crippen LogP contribution in [0.25, 0.3) is 0 Å². The first-order chi connectivity index (χ1) is 9.58. The zero-order chi connectivity index (χ0) is 14.5. The second kappa shape index (κ2) is 5.75. The first-order valence-corrected chi connectivity index (χ1v) is 5.82. The molecule has 0 saturated heterocycles. The molecule has 6 heteroatoms. The highest BCUT2D eigenvalue weighted by Gasteiger charge is 2.12. The van der Waals surface area contributed by atoms with Crippen LogP contribution in [0, 0.1) is 0 Å². The Morgan fingerprint density at radius 3 is 2.20 bits per heavy atom. The van der Waals surface area contributed by atoms with Crippen molar-refractivity contribution >= 4 is 11.7 Å². The molecule has 0 aliphatic heterocycles. The fourth-order valence-electron chi connectivity index (χ4n) is 1.69. The van der Waals surface area contributed by atoms with Gasteiger partial charge in [0.1, 0.15) is 17.2 Å². The minimum absolute atomic E-state index is 0.0412. The second-order valence-electron chi connectivity index (χ2n) is 4.04. The number of phenolic OH excluding ortho intramolecular Hbond substituents is 2. The quantitative estimate of drug-likeness (QED) is 0.380. The highest BCUT2D eigenvalue weighted by Crippen LogP contribution is 2.25. The first-order valence-electron chi connectivity index (χ1n) is 5.82. The minimum atomic E-state index is -0.184. The third-order valence-corrected chi connectivity index (χ3v) is 2.55. The van der Waals surface area contributed by atoms with Crippen molar-refractivity contribution in [1.29, 1.82) is 0 Å². The van der Waals surface area contributed by atoms with E-state index < -0.39 is 0 Å². The molecule has 0 heterocycles. The molecule has 0 unspecified atom stereocenters. The van der Waals surface area contributed by atoms with Crippen LogP contribution in [0.5, 0.6) is 11.5 Å². The summed E-state index contributed by atoms with van der Waals surface area (Å²) in [4.78, 5) is 0. The molecule has 0 spiro atoms. The Balaban J connectivity index is 2.58. The van der Waals surface area contributed by atoms with E-state index in [0.717, 1.165) is 5.56 Å². The molecule has 0 atom stereocenters. The van der Waals surface area contributed by atoms with E-state index in [2.05, 4.69) is 10.2 Å². The van der Waals surface area contributed by atoms with Gasteiger partial charge in [0, 0.05) is 17.2 Å². The smallest absolute Gasteiger partial charge is 0.211 e.